The molecule has 2 aromatic carbocycles. The molecule has 41 heavy (non-hydrogen) atoms. The van der Waals surface area contributed by atoms with Gasteiger partial charge in [0, 0.05) is 25.6 Å². The number of aryl methyl sites for hydroxylation is 1. The Labute approximate surface area is 242 Å². The van der Waals surface area contributed by atoms with Crippen LogP contribution in [0.1, 0.15) is 74.8 Å². The minimum atomic E-state index is -0.688. The third kappa shape index (κ3) is 6.64. The highest BCUT2D eigenvalue weighted by Gasteiger charge is 2.43. The van der Waals surface area contributed by atoms with Crippen LogP contribution in [0.4, 0.5) is 4.39 Å². The number of rotatable bonds is 10. The number of carbonyl (C=O) groups is 1. The van der Waals surface area contributed by atoms with Gasteiger partial charge >= 0.3 is 5.97 Å². The molecule has 0 radical (unpaired) electrons. The minimum Gasteiger partial charge on any atom is -0.480 e. The lowest BCUT2D eigenvalue weighted by Crippen LogP contribution is -2.46. The molecule has 3 atom stereocenters. The number of halogens is 1. The summed E-state index contributed by atoms with van der Waals surface area (Å²) in [4.78, 5) is 17.3. The highest BCUT2D eigenvalue weighted by Crippen LogP contribution is 2.39. The molecule has 0 amide bonds. The number of carboxylic acids is 1. The van der Waals surface area contributed by atoms with Crippen molar-refractivity contribution >= 4 is 17.0 Å². The highest BCUT2D eigenvalue weighted by atomic mass is 19.1. The van der Waals surface area contributed by atoms with Gasteiger partial charge in [0.2, 0.25) is 0 Å². The molecule has 8 heteroatoms. The van der Waals surface area contributed by atoms with Crippen molar-refractivity contribution in [2.24, 2.45) is 17.8 Å². The smallest absolute Gasteiger partial charge is 0.321 e. The van der Waals surface area contributed by atoms with E-state index >= 15 is 0 Å². The topological polar surface area (TPSA) is 82.7 Å². The zero-order valence-electron chi connectivity index (χ0n) is 24.0. The fraction of sp³-hybridized carbons (Fsp3) is 0.606. The Morgan fingerprint density at radius 3 is 2.61 bits per heavy atom. The molecule has 1 aliphatic carbocycles. The second-order valence-corrected chi connectivity index (χ2v) is 12.7. The van der Waals surface area contributed by atoms with Crippen LogP contribution in [0.3, 0.4) is 0 Å². The van der Waals surface area contributed by atoms with Crippen molar-refractivity contribution in [3.8, 4) is 0 Å². The molecule has 3 aromatic rings. The molecule has 1 N–H and O–H groups in total. The molecule has 1 aromatic heterocycles. The van der Waals surface area contributed by atoms with E-state index in [1.165, 1.54) is 37.3 Å². The molecule has 1 saturated carbocycles. The van der Waals surface area contributed by atoms with Crippen LogP contribution in [0.2, 0.25) is 0 Å². The Hall–Kier alpha value is -2.84. The Balaban J connectivity index is 1.06. The van der Waals surface area contributed by atoms with E-state index in [0.29, 0.717) is 12.5 Å². The van der Waals surface area contributed by atoms with E-state index in [0.717, 1.165) is 87.2 Å². The van der Waals surface area contributed by atoms with E-state index in [1.54, 1.807) is 12.1 Å². The Kier molecular flexibility index (Phi) is 8.96. The van der Waals surface area contributed by atoms with Crippen LogP contribution in [-0.4, -0.2) is 70.0 Å². The summed E-state index contributed by atoms with van der Waals surface area (Å²) in [5.41, 5.74) is 3.93. The van der Waals surface area contributed by atoms with Gasteiger partial charge < -0.3 is 10.0 Å². The second-order valence-electron chi connectivity index (χ2n) is 12.7. The van der Waals surface area contributed by atoms with Crippen LogP contribution in [-0.2, 0) is 11.2 Å². The SMILES string of the molecule is O=C(O)[C@@H](C1CCCCC1)N1C[C@H](CN2CCC(CCCc3cccc4nonc34)CC2)[C@@H](c2cccc(F)c2)C1. The molecule has 3 heterocycles. The highest BCUT2D eigenvalue weighted by molar-refractivity contribution is 5.76. The molecule has 7 nitrogen and oxygen atoms in total. The van der Waals surface area contributed by atoms with Crippen LogP contribution < -0.4 is 0 Å². The first-order valence-electron chi connectivity index (χ1n) is 15.7. The van der Waals surface area contributed by atoms with E-state index in [2.05, 4.69) is 26.2 Å². The summed E-state index contributed by atoms with van der Waals surface area (Å²) < 4.78 is 19.2. The average molecular weight is 563 g/mol. The number of aromatic nitrogens is 2. The van der Waals surface area contributed by atoms with Crippen LogP contribution >= 0.6 is 0 Å². The number of nitrogens with zero attached hydrogens (tertiary/aromatic N) is 4. The maximum atomic E-state index is 14.3. The monoisotopic (exact) mass is 562 g/mol. The van der Waals surface area contributed by atoms with Gasteiger partial charge in [-0.3, -0.25) is 9.69 Å². The Morgan fingerprint density at radius 1 is 1.02 bits per heavy atom. The number of hydrogen-bond donors (Lipinski definition) is 1. The molecule has 6 rings (SSSR count). The maximum Gasteiger partial charge on any atom is 0.321 e. The fourth-order valence-corrected chi connectivity index (χ4v) is 7.97. The van der Waals surface area contributed by atoms with Gasteiger partial charge in [0.1, 0.15) is 22.9 Å². The first kappa shape index (κ1) is 28.3. The fourth-order valence-electron chi connectivity index (χ4n) is 7.97. The van der Waals surface area contributed by atoms with Gasteiger partial charge in [0.05, 0.1) is 0 Å². The Bertz CT molecular complexity index is 1300. The number of aliphatic carboxylic acids is 1. The summed E-state index contributed by atoms with van der Waals surface area (Å²) in [6.45, 7) is 4.57. The molecule has 0 spiro atoms. The third-order valence-corrected chi connectivity index (χ3v) is 10.1. The van der Waals surface area contributed by atoms with Gasteiger partial charge in [-0.2, -0.15) is 0 Å². The van der Waals surface area contributed by atoms with Crippen LogP contribution in [0.15, 0.2) is 47.1 Å². The number of hydrogen-bond acceptors (Lipinski definition) is 6. The molecule has 0 bridgehead atoms. The van der Waals surface area contributed by atoms with Crippen molar-refractivity contribution < 1.29 is 18.9 Å². The molecule has 220 valence electrons. The van der Waals surface area contributed by atoms with E-state index < -0.39 is 12.0 Å². The summed E-state index contributed by atoms with van der Waals surface area (Å²) in [6.07, 6.45) is 11.2. The Morgan fingerprint density at radius 2 is 1.83 bits per heavy atom. The predicted molar refractivity (Wildman–Crippen MR) is 156 cm³/mol. The lowest BCUT2D eigenvalue weighted by molar-refractivity contribution is -0.145. The summed E-state index contributed by atoms with van der Waals surface area (Å²) in [5.74, 6) is 0.503. The van der Waals surface area contributed by atoms with Gasteiger partial charge in [-0.25, -0.2) is 9.02 Å². The molecule has 0 unspecified atom stereocenters. The molecule has 2 aliphatic heterocycles. The summed E-state index contributed by atoms with van der Waals surface area (Å²) in [7, 11) is 0. The van der Waals surface area contributed by atoms with E-state index in [4.69, 9.17) is 4.63 Å². The van der Waals surface area contributed by atoms with E-state index in [-0.39, 0.29) is 17.7 Å². The van der Waals surface area contributed by atoms with Crippen LogP contribution in [0, 0.1) is 23.6 Å². The number of piperidine rings is 1. The minimum absolute atomic E-state index is 0.155. The third-order valence-electron chi connectivity index (χ3n) is 10.1. The summed E-state index contributed by atoms with van der Waals surface area (Å²) in [5, 5.41) is 18.3. The van der Waals surface area contributed by atoms with Gasteiger partial charge in [0.15, 0.2) is 0 Å². The van der Waals surface area contributed by atoms with E-state index in [1.807, 2.05) is 18.2 Å². The number of fused-ring (bicyclic) bond motifs is 1. The lowest BCUT2D eigenvalue weighted by atomic mass is 9.83. The number of benzene rings is 2. The van der Waals surface area contributed by atoms with Gasteiger partial charge in [-0.05, 0) is 109 Å². The number of likely N-dealkylation sites (tertiary alicyclic amines) is 2. The predicted octanol–water partition coefficient (Wildman–Crippen LogP) is 6.15. The zero-order valence-corrected chi connectivity index (χ0v) is 24.0. The first-order valence-corrected chi connectivity index (χ1v) is 15.7. The van der Waals surface area contributed by atoms with Crippen LogP contribution in [0.5, 0.6) is 0 Å². The molecule has 3 fully saturated rings. The lowest BCUT2D eigenvalue weighted by Gasteiger charge is -2.35. The van der Waals surface area contributed by atoms with Crippen molar-refractivity contribution in [1.29, 1.82) is 0 Å². The second kappa shape index (κ2) is 13.0. The normalized spacial score (nSPS) is 24.2. The standard InChI is InChI=1S/C33H43FN4O3/c34-28-13-5-12-26(19-28)29-22-38(32(33(39)40)25-8-2-1-3-9-25)21-27(29)20-37-17-15-23(16-18-37)7-4-10-24-11-6-14-30-31(24)36-41-35-30/h5-6,11-14,19,23,25,27,29,32H,1-4,7-10,15-18,20-22H2,(H,39,40)/t27-,29+,32+/m0/s1. The number of carboxylic acid groups (broad SMARTS) is 1. The van der Waals surface area contributed by atoms with Crippen molar-refractivity contribution in [1.82, 2.24) is 20.1 Å². The van der Waals surface area contributed by atoms with Gasteiger partial charge in [-0.15, -0.1) is 0 Å². The quantitative estimate of drug-likeness (QED) is 0.318. The van der Waals surface area contributed by atoms with Crippen molar-refractivity contribution in [3.05, 3.63) is 59.4 Å². The average Bonchev–Trinajstić information content (AvgIpc) is 3.62. The summed E-state index contributed by atoms with van der Waals surface area (Å²) >= 11 is 0. The van der Waals surface area contributed by atoms with E-state index in [9.17, 15) is 14.3 Å². The molecule has 3 aliphatic rings. The maximum absolute atomic E-state index is 14.3. The van der Waals surface area contributed by atoms with Crippen LogP contribution in [0.25, 0.3) is 11.0 Å². The van der Waals surface area contributed by atoms with Crippen molar-refractivity contribution in [2.75, 3.05) is 32.7 Å². The van der Waals surface area contributed by atoms with Gasteiger partial charge in [0.25, 0.3) is 0 Å². The largest absolute Gasteiger partial charge is 0.480 e. The first-order chi connectivity index (χ1) is 20.0. The summed E-state index contributed by atoms with van der Waals surface area (Å²) in [6, 6.07) is 12.6. The molecule has 2 saturated heterocycles. The molecular weight excluding hydrogens is 519 g/mol. The van der Waals surface area contributed by atoms with Crippen molar-refractivity contribution in [2.45, 2.75) is 76.2 Å². The molecular formula is C33H43FN4O3. The van der Waals surface area contributed by atoms with Gasteiger partial charge in [-0.1, -0.05) is 49.9 Å². The zero-order chi connectivity index (χ0) is 28.2. The van der Waals surface area contributed by atoms with Crippen molar-refractivity contribution in [3.63, 3.8) is 0 Å².